The Morgan fingerprint density at radius 1 is 1.12 bits per heavy atom. The topological polar surface area (TPSA) is 38.8 Å². The average Bonchev–Trinajstić information content (AvgIpc) is 2.62. The number of terminal acetylenes is 1. The van der Waals surface area contributed by atoms with Crippen molar-refractivity contribution < 1.29 is 4.79 Å². The largest absolute Gasteiger partial charge is 0.355 e. The molecule has 0 bridgehead atoms. The lowest BCUT2D eigenvalue weighted by Crippen LogP contribution is -2.49. The van der Waals surface area contributed by atoms with Crippen LogP contribution in [0.2, 0.25) is 0 Å². The number of piperidine rings is 1. The number of nitrogens with zero attached hydrogens (tertiary/aromatic N) is 3. The Hall–Kier alpha value is -1.09. The Morgan fingerprint density at radius 3 is 2.58 bits per heavy atom. The first kappa shape index (κ1) is 19.2. The molecule has 2 aliphatic heterocycles. The van der Waals surface area contributed by atoms with E-state index in [1.165, 1.54) is 26.2 Å². The predicted octanol–water partition coefficient (Wildman–Crippen LogP) is 1.01. The zero-order valence-corrected chi connectivity index (χ0v) is 15.3. The fraction of sp³-hybridized carbons (Fsp3) is 0.842. The van der Waals surface area contributed by atoms with Gasteiger partial charge in [0.25, 0.3) is 0 Å². The zero-order valence-electron chi connectivity index (χ0n) is 15.3. The SMILES string of the molecule is C#CCN1CCCCC1C(=O)NCCCCN1CCN(CC)CC1. The van der Waals surface area contributed by atoms with Crippen molar-refractivity contribution in [3.05, 3.63) is 0 Å². The highest BCUT2D eigenvalue weighted by Gasteiger charge is 2.27. The van der Waals surface area contributed by atoms with Gasteiger partial charge in [-0.25, -0.2) is 0 Å². The van der Waals surface area contributed by atoms with Gasteiger partial charge in [-0.15, -0.1) is 6.42 Å². The first-order valence-electron chi connectivity index (χ1n) is 9.64. The molecule has 5 nitrogen and oxygen atoms in total. The van der Waals surface area contributed by atoms with Crippen molar-refractivity contribution in [2.24, 2.45) is 0 Å². The second-order valence-electron chi connectivity index (χ2n) is 6.96. The van der Waals surface area contributed by atoms with Crippen LogP contribution in [0, 0.1) is 12.3 Å². The van der Waals surface area contributed by atoms with Gasteiger partial charge in [-0.1, -0.05) is 19.3 Å². The third kappa shape index (κ3) is 6.08. The minimum atomic E-state index is -0.0167. The summed E-state index contributed by atoms with van der Waals surface area (Å²) in [6.07, 6.45) is 10.9. The highest BCUT2D eigenvalue weighted by molar-refractivity contribution is 5.81. The summed E-state index contributed by atoms with van der Waals surface area (Å²) in [4.78, 5) is 19.6. The molecule has 0 aliphatic carbocycles. The first-order chi connectivity index (χ1) is 11.7. The molecule has 5 heteroatoms. The van der Waals surface area contributed by atoms with Gasteiger partial charge in [0.15, 0.2) is 0 Å². The molecular weight excluding hydrogens is 300 g/mol. The molecule has 24 heavy (non-hydrogen) atoms. The van der Waals surface area contributed by atoms with Crippen molar-refractivity contribution in [2.75, 3.05) is 58.9 Å². The van der Waals surface area contributed by atoms with Crippen LogP contribution in [0.15, 0.2) is 0 Å². The molecule has 1 N–H and O–H groups in total. The van der Waals surface area contributed by atoms with E-state index < -0.39 is 0 Å². The molecule has 0 radical (unpaired) electrons. The van der Waals surface area contributed by atoms with Gasteiger partial charge < -0.3 is 15.1 Å². The van der Waals surface area contributed by atoms with Crippen LogP contribution in [0.5, 0.6) is 0 Å². The molecule has 0 aromatic carbocycles. The number of nitrogens with one attached hydrogen (secondary N) is 1. The summed E-state index contributed by atoms with van der Waals surface area (Å²) in [5.74, 6) is 2.85. The lowest BCUT2D eigenvalue weighted by Gasteiger charge is -2.34. The van der Waals surface area contributed by atoms with E-state index in [0.29, 0.717) is 6.54 Å². The van der Waals surface area contributed by atoms with Crippen LogP contribution in [-0.4, -0.2) is 85.6 Å². The van der Waals surface area contributed by atoms with Crippen molar-refractivity contribution in [3.63, 3.8) is 0 Å². The third-order valence-electron chi connectivity index (χ3n) is 5.32. The molecule has 1 amide bonds. The number of piperazine rings is 1. The number of carbonyl (C=O) groups is 1. The van der Waals surface area contributed by atoms with Gasteiger partial charge in [-0.3, -0.25) is 9.69 Å². The lowest BCUT2D eigenvalue weighted by atomic mass is 10.0. The molecule has 1 unspecified atom stereocenters. The van der Waals surface area contributed by atoms with Crippen LogP contribution < -0.4 is 5.32 Å². The molecule has 2 heterocycles. The number of likely N-dealkylation sites (tertiary alicyclic amines) is 1. The Kier molecular flexibility index (Phi) is 8.58. The van der Waals surface area contributed by atoms with Gasteiger partial charge in [-0.2, -0.15) is 0 Å². The van der Waals surface area contributed by atoms with Gasteiger partial charge in [0.2, 0.25) is 5.91 Å². The number of rotatable bonds is 8. The summed E-state index contributed by atoms with van der Waals surface area (Å²) in [5.41, 5.74) is 0. The number of unbranched alkanes of at least 4 members (excludes halogenated alkanes) is 1. The molecule has 2 fully saturated rings. The maximum atomic E-state index is 12.4. The number of hydrogen-bond acceptors (Lipinski definition) is 4. The van der Waals surface area contributed by atoms with Crippen LogP contribution in [0.4, 0.5) is 0 Å². The summed E-state index contributed by atoms with van der Waals surface area (Å²) in [6.45, 7) is 11.6. The van der Waals surface area contributed by atoms with Crippen molar-refractivity contribution in [3.8, 4) is 12.3 Å². The minimum Gasteiger partial charge on any atom is -0.355 e. The molecule has 2 saturated heterocycles. The van der Waals surface area contributed by atoms with Crippen molar-refractivity contribution in [2.45, 2.75) is 45.1 Å². The van der Waals surface area contributed by atoms with Crippen LogP contribution in [0.25, 0.3) is 0 Å². The highest BCUT2D eigenvalue weighted by Crippen LogP contribution is 2.16. The van der Waals surface area contributed by atoms with Gasteiger partial charge in [0.1, 0.15) is 0 Å². The van der Waals surface area contributed by atoms with E-state index in [-0.39, 0.29) is 11.9 Å². The first-order valence-corrected chi connectivity index (χ1v) is 9.64. The van der Waals surface area contributed by atoms with Crippen molar-refractivity contribution in [1.82, 2.24) is 20.0 Å². The van der Waals surface area contributed by atoms with Crippen LogP contribution >= 0.6 is 0 Å². The fourth-order valence-electron chi connectivity index (χ4n) is 3.71. The summed E-state index contributed by atoms with van der Waals surface area (Å²) < 4.78 is 0. The normalized spacial score (nSPS) is 23.8. The third-order valence-corrected chi connectivity index (χ3v) is 5.32. The van der Waals surface area contributed by atoms with Gasteiger partial charge in [-0.05, 0) is 45.3 Å². The van der Waals surface area contributed by atoms with E-state index in [0.717, 1.165) is 58.3 Å². The zero-order chi connectivity index (χ0) is 17.2. The van der Waals surface area contributed by atoms with E-state index in [4.69, 9.17) is 6.42 Å². The Morgan fingerprint density at radius 2 is 1.88 bits per heavy atom. The van der Waals surface area contributed by atoms with E-state index in [9.17, 15) is 4.79 Å². The van der Waals surface area contributed by atoms with E-state index >= 15 is 0 Å². The van der Waals surface area contributed by atoms with Crippen molar-refractivity contribution in [1.29, 1.82) is 0 Å². The summed E-state index contributed by atoms with van der Waals surface area (Å²) in [7, 11) is 0. The fourth-order valence-corrected chi connectivity index (χ4v) is 3.71. The number of likely N-dealkylation sites (N-methyl/N-ethyl adjacent to an activating group) is 1. The molecule has 2 aliphatic rings. The van der Waals surface area contributed by atoms with Crippen LogP contribution in [-0.2, 0) is 4.79 Å². The lowest BCUT2D eigenvalue weighted by molar-refractivity contribution is -0.127. The number of carbonyl (C=O) groups excluding carboxylic acids is 1. The van der Waals surface area contributed by atoms with Gasteiger partial charge in [0, 0.05) is 32.7 Å². The van der Waals surface area contributed by atoms with Gasteiger partial charge >= 0.3 is 0 Å². The minimum absolute atomic E-state index is 0.0167. The van der Waals surface area contributed by atoms with Gasteiger partial charge in [0.05, 0.1) is 12.6 Å². The van der Waals surface area contributed by atoms with E-state index in [2.05, 4.69) is 32.9 Å². The Balaban J connectivity index is 1.57. The quantitative estimate of drug-likeness (QED) is 0.531. The molecule has 0 saturated carbocycles. The van der Waals surface area contributed by atoms with Crippen LogP contribution in [0.3, 0.4) is 0 Å². The standard InChI is InChI=1S/C19H34N4O/c1-3-11-23-13-7-5-9-18(23)19(24)20-10-6-8-12-22-16-14-21(4-2)15-17-22/h1,18H,4-17H2,2H3,(H,20,24). The predicted molar refractivity (Wildman–Crippen MR) is 98.8 cm³/mol. The Bertz CT molecular complexity index is 412. The second kappa shape index (κ2) is 10.7. The molecule has 0 spiro atoms. The molecule has 2 rings (SSSR count). The number of hydrogen-bond donors (Lipinski definition) is 1. The maximum absolute atomic E-state index is 12.4. The second-order valence-corrected chi connectivity index (χ2v) is 6.96. The summed E-state index contributed by atoms with van der Waals surface area (Å²) in [5, 5.41) is 3.12. The smallest absolute Gasteiger partial charge is 0.237 e. The summed E-state index contributed by atoms with van der Waals surface area (Å²) >= 11 is 0. The monoisotopic (exact) mass is 334 g/mol. The van der Waals surface area contributed by atoms with Crippen LogP contribution in [0.1, 0.15) is 39.0 Å². The summed E-state index contributed by atoms with van der Waals surface area (Å²) in [6, 6.07) is -0.0167. The maximum Gasteiger partial charge on any atom is 0.237 e. The Labute approximate surface area is 147 Å². The molecule has 1 atom stereocenters. The average molecular weight is 335 g/mol. The molecule has 0 aromatic heterocycles. The van der Waals surface area contributed by atoms with Crippen molar-refractivity contribution >= 4 is 5.91 Å². The highest BCUT2D eigenvalue weighted by atomic mass is 16.2. The molecular formula is C19H34N4O. The van der Waals surface area contributed by atoms with E-state index in [1.54, 1.807) is 0 Å². The number of amides is 1. The molecule has 136 valence electrons. The molecule has 0 aromatic rings. The van der Waals surface area contributed by atoms with E-state index in [1.807, 2.05) is 0 Å².